The number of nitrogens with one attached hydrogen (secondary N) is 1. The first-order valence-corrected chi connectivity index (χ1v) is 11.9. The lowest BCUT2D eigenvalue weighted by molar-refractivity contribution is -0.127. The monoisotopic (exact) mass is 452 g/mol. The van der Waals surface area contributed by atoms with E-state index in [9.17, 15) is 17.6 Å². The van der Waals surface area contributed by atoms with Gasteiger partial charge in [-0.1, -0.05) is 55.3 Å². The normalized spacial score (nSPS) is 16.9. The van der Waals surface area contributed by atoms with Crippen molar-refractivity contribution in [2.45, 2.75) is 43.5 Å². The number of carbonyl (C=O) groups is 1. The summed E-state index contributed by atoms with van der Waals surface area (Å²) in [5, 5.41) is 2.91. The molecule has 1 saturated heterocycles. The Labute approximate surface area is 182 Å². The zero-order valence-electron chi connectivity index (χ0n) is 16.9. The molecule has 1 aliphatic heterocycles. The van der Waals surface area contributed by atoms with E-state index in [2.05, 4.69) is 12.2 Å². The number of nitrogens with zero attached hydrogens (tertiary/aromatic N) is 1. The molecule has 30 heavy (non-hydrogen) atoms. The van der Waals surface area contributed by atoms with Crippen molar-refractivity contribution < 1.29 is 17.6 Å². The first-order chi connectivity index (χ1) is 14.3. The van der Waals surface area contributed by atoms with Gasteiger partial charge in [0, 0.05) is 19.0 Å². The second kappa shape index (κ2) is 9.90. The van der Waals surface area contributed by atoms with Crippen LogP contribution in [0.1, 0.15) is 44.2 Å². The van der Waals surface area contributed by atoms with E-state index in [1.807, 2.05) is 30.3 Å². The molecular weight excluding hydrogens is 427 g/mol. The molecule has 0 aliphatic carbocycles. The number of amides is 1. The average Bonchev–Trinajstić information content (AvgIpc) is 2.76. The zero-order valence-corrected chi connectivity index (χ0v) is 18.4. The number of rotatable bonds is 7. The molecule has 1 fully saturated rings. The van der Waals surface area contributed by atoms with Gasteiger partial charge in [-0.3, -0.25) is 4.79 Å². The van der Waals surface area contributed by atoms with E-state index >= 15 is 0 Å². The van der Waals surface area contributed by atoms with Gasteiger partial charge in [-0.25, -0.2) is 12.8 Å². The van der Waals surface area contributed by atoms with Gasteiger partial charge in [0.05, 0.1) is 16.0 Å². The van der Waals surface area contributed by atoms with Crippen molar-refractivity contribution in [1.29, 1.82) is 0 Å². The van der Waals surface area contributed by atoms with Crippen molar-refractivity contribution in [1.82, 2.24) is 9.62 Å². The zero-order chi connectivity index (χ0) is 21.7. The maximum atomic E-state index is 13.4. The lowest BCUT2D eigenvalue weighted by Crippen LogP contribution is -2.43. The number of hydrogen-bond acceptors (Lipinski definition) is 3. The SMILES string of the molecule is CCCC(NC(=O)C1CCN(S(=O)(=O)c2ccc(F)c(Cl)c2)CC1)c1ccccc1. The maximum Gasteiger partial charge on any atom is 0.243 e. The van der Waals surface area contributed by atoms with E-state index in [0.717, 1.165) is 30.5 Å². The Morgan fingerprint density at radius 1 is 1.20 bits per heavy atom. The number of halogens is 2. The van der Waals surface area contributed by atoms with Gasteiger partial charge in [0.2, 0.25) is 15.9 Å². The minimum atomic E-state index is -3.77. The van der Waals surface area contributed by atoms with Crippen molar-refractivity contribution in [3.8, 4) is 0 Å². The fourth-order valence-electron chi connectivity index (χ4n) is 3.73. The van der Waals surface area contributed by atoms with Crippen LogP contribution in [0.4, 0.5) is 4.39 Å². The van der Waals surface area contributed by atoms with Gasteiger partial charge in [-0.2, -0.15) is 4.31 Å². The van der Waals surface area contributed by atoms with Crippen LogP contribution >= 0.6 is 11.6 Å². The van der Waals surface area contributed by atoms with Crippen molar-refractivity contribution in [3.63, 3.8) is 0 Å². The molecule has 1 amide bonds. The Hall–Kier alpha value is -1.96. The third-order valence-corrected chi connectivity index (χ3v) is 7.63. The molecule has 1 heterocycles. The van der Waals surface area contributed by atoms with Crippen LogP contribution in [0.2, 0.25) is 5.02 Å². The second-order valence-corrected chi connectivity index (χ2v) is 9.86. The topological polar surface area (TPSA) is 66.5 Å². The van der Waals surface area contributed by atoms with Crippen LogP contribution in [0.25, 0.3) is 0 Å². The van der Waals surface area contributed by atoms with Gasteiger partial charge in [-0.05, 0) is 43.0 Å². The Balaban J connectivity index is 1.62. The van der Waals surface area contributed by atoms with E-state index in [0.29, 0.717) is 12.8 Å². The molecule has 0 saturated carbocycles. The van der Waals surface area contributed by atoms with E-state index in [4.69, 9.17) is 11.6 Å². The summed E-state index contributed by atoms with van der Waals surface area (Å²) in [6.45, 7) is 2.55. The second-order valence-electron chi connectivity index (χ2n) is 7.51. The summed E-state index contributed by atoms with van der Waals surface area (Å²) in [4.78, 5) is 12.8. The minimum absolute atomic E-state index is 0.0381. The van der Waals surface area contributed by atoms with E-state index in [-0.39, 0.29) is 40.9 Å². The molecule has 1 atom stereocenters. The highest BCUT2D eigenvalue weighted by atomic mass is 35.5. The molecule has 162 valence electrons. The lowest BCUT2D eigenvalue weighted by atomic mass is 9.95. The van der Waals surface area contributed by atoms with Crippen molar-refractivity contribution in [2.24, 2.45) is 5.92 Å². The fraction of sp³-hybridized carbons (Fsp3) is 0.409. The summed E-state index contributed by atoms with van der Waals surface area (Å²) < 4.78 is 40.3. The van der Waals surface area contributed by atoms with Gasteiger partial charge >= 0.3 is 0 Å². The quantitative estimate of drug-likeness (QED) is 0.670. The van der Waals surface area contributed by atoms with Crippen molar-refractivity contribution >= 4 is 27.5 Å². The molecule has 1 N–H and O–H groups in total. The molecule has 0 radical (unpaired) electrons. The van der Waals surface area contributed by atoms with E-state index in [1.54, 1.807) is 0 Å². The first kappa shape index (κ1) is 22.7. The number of piperidine rings is 1. The van der Waals surface area contributed by atoms with E-state index in [1.165, 1.54) is 10.4 Å². The van der Waals surface area contributed by atoms with Gasteiger partial charge in [0.15, 0.2) is 0 Å². The highest BCUT2D eigenvalue weighted by molar-refractivity contribution is 7.89. The van der Waals surface area contributed by atoms with Crippen LogP contribution in [0.5, 0.6) is 0 Å². The van der Waals surface area contributed by atoms with Crippen LogP contribution in [0.15, 0.2) is 53.4 Å². The summed E-state index contributed by atoms with van der Waals surface area (Å²) >= 11 is 5.74. The van der Waals surface area contributed by atoms with Gasteiger partial charge in [0.25, 0.3) is 0 Å². The average molecular weight is 453 g/mol. The molecule has 3 rings (SSSR count). The third-order valence-electron chi connectivity index (χ3n) is 5.45. The lowest BCUT2D eigenvalue weighted by Gasteiger charge is -2.31. The summed E-state index contributed by atoms with van der Waals surface area (Å²) in [6.07, 6.45) is 2.66. The Morgan fingerprint density at radius 3 is 2.47 bits per heavy atom. The number of benzene rings is 2. The molecule has 8 heteroatoms. The number of hydrogen-bond donors (Lipinski definition) is 1. The van der Waals surface area contributed by atoms with Gasteiger partial charge in [-0.15, -0.1) is 0 Å². The molecule has 2 aromatic rings. The van der Waals surface area contributed by atoms with Crippen LogP contribution in [-0.2, 0) is 14.8 Å². The summed E-state index contributed by atoms with van der Waals surface area (Å²) in [7, 11) is -3.77. The summed E-state index contributed by atoms with van der Waals surface area (Å²) in [5.74, 6) is -0.943. The molecular formula is C22H26ClFN2O3S. The number of sulfonamides is 1. The van der Waals surface area contributed by atoms with Gasteiger partial charge < -0.3 is 5.32 Å². The van der Waals surface area contributed by atoms with Crippen LogP contribution in [-0.4, -0.2) is 31.7 Å². The molecule has 5 nitrogen and oxygen atoms in total. The Kier molecular flexibility index (Phi) is 7.50. The first-order valence-electron chi connectivity index (χ1n) is 10.1. The maximum absolute atomic E-state index is 13.4. The standard InChI is InChI=1S/C22H26ClFN2O3S/c1-2-6-21(16-7-4-3-5-8-16)25-22(27)17-11-13-26(14-12-17)30(28,29)18-9-10-20(24)19(23)15-18/h3-5,7-10,15,17,21H,2,6,11-14H2,1H3,(H,25,27). The highest BCUT2D eigenvalue weighted by Crippen LogP contribution is 2.27. The molecule has 0 bridgehead atoms. The van der Waals surface area contributed by atoms with E-state index < -0.39 is 15.8 Å². The Bertz CT molecular complexity index is 977. The van der Waals surface area contributed by atoms with Gasteiger partial charge in [0.1, 0.15) is 5.82 Å². The predicted molar refractivity (Wildman–Crippen MR) is 115 cm³/mol. The van der Waals surface area contributed by atoms with Crippen molar-refractivity contribution in [2.75, 3.05) is 13.1 Å². The molecule has 0 spiro atoms. The molecule has 2 aromatic carbocycles. The summed E-state index contributed by atoms with van der Waals surface area (Å²) in [6, 6.07) is 13.2. The van der Waals surface area contributed by atoms with Crippen LogP contribution < -0.4 is 5.32 Å². The Morgan fingerprint density at radius 2 is 1.87 bits per heavy atom. The third kappa shape index (κ3) is 5.20. The number of carbonyl (C=O) groups excluding carboxylic acids is 1. The minimum Gasteiger partial charge on any atom is -0.349 e. The highest BCUT2D eigenvalue weighted by Gasteiger charge is 2.33. The smallest absolute Gasteiger partial charge is 0.243 e. The van der Waals surface area contributed by atoms with Crippen molar-refractivity contribution in [3.05, 3.63) is 64.9 Å². The van der Waals surface area contributed by atoms with Crippen LogP contribution in [0, 0.1) is 11.7 Å². The fourth-order valence-corrected chi connectivity index (χ4v) is 5.47. The molecule has 1 aliphatic rings. The van der Waals surface area contributed by atoms with Crippen LogP contribution in [0.3, 0.4) is 0 Å². The molecule has 1 unspecified atom stereocenters. The summed E-state index contributed by atoms with van der Waals surface area (Å²) in [5.41, 5.74) is 1.07. The molecule has 0 aromatic heterocycles. The largest absolute Gasteiger partial charge is 0.349 e. The predicted octanol–water partition coefficient (Wildman–Crippen LogP) is 4.54.